The molecule has 0 radical (unpaired) electrons. The van der Waals surface area contributed by atoms with E-state index in [0.29, 0.717) is 12.0 Å². The van der Waals surface area contributed by atoms with Crippen LogP contribution in [-0.2, 0) is 0 Å². The van der Waals surface area contributed by atoms with E-state index in [1.807, 2.05) is 28.8 Å². The van der Waals surface area contributed by atoms with E-state index in [9.17, 15) is 4.79 Å². The molecule has 1 saturated heterocycles. The maximum absolute atomic E-state index is 12.7. The second-order valence-corrected chi connectivity index (χ2v) is 6.75. The third-order valence-electron chi connectivity index (χ3n) is 3.99. The summed E-state index contributed by atoms with van der Waals surface area (Å²) in [6.45, 7) is 6.98. The molecule has 0 aliphatic carbocycles. The number of hydrogen-bond donors (Lipinski definition) is 1. The van der Waals surface area contributed by atoms with Gasteiger partial charge in [0.05, 0.1) is 0 Å². The number of halogens is 1. The van der Waals surface area contributed by atoms with Crippen LogP contribution >= 0.6 is 15.9 Å². The number of aromatic nitrogens is 1. The first-order valence-corrected chi connectivity index (χ1v) is 8.13. The van der Waals surface area contributed by atoms with Crippen LogP contribution in [0.3, 0.4) is 0 Å². The molecule has 0 aromatic carbocycles. The van der Waals surface area contributed by atoms with Crippen molar-refractivity contribution in [1.82, 2.24) is 14.8 Å². The van der Waals surface area contributed by atoms with Crippen LogP contribution in [-0.4, -0.2) is 42.1 Å². The van der Waals surface area contributed by atoms with E-state index < -0.39 is 0 Å². The van der Waals surface area contributed by atoms with Crippen molar-refractivity contribution in [2.75, 3.05) is 26.7 Å². The van der Waals surface area contributed by atoms with Crippen LogP contribution in [0.4, 0.5) is 0 Å². The Labute approximate surface area is 129 Å². The van der Waals surface area contributed by atoms with Crippen molar-refractivity contribution in [3.63, 3.8) is 0 Å². The quantitative estimate of drug-likeness (QED) is 0.914. The van der Waals surface area contributed by atoms with Gasteiger partial charge in [0, 0.05) is 29.8 Å². The molecule has 2 heterocycles. The molecule has 0 saturated carbocycles. The molecule has 1 aromatic rings. The largest absolute Gasteiger partial charge is 0.340 e. The minimum atomic E-state index is 0.160. The maximum Gasteiger partial charge on any atom is 0.270 e. The zero-order chi connectivity index (χ0) is 14.7. The first-order valence-electron chi connectivity index (χ1n) is 7.34. The van der Waals surface area contributed by atoms with Gasteiger partial charge in [-0.1, -0.05) is 0 Å². The summed E-state index contributed by atoms with van der Waals surface area (Å²) < 4.78 is 3.02. The van der Waals surface area contributed by atoms with Gasteiger partial charge in [0.2, 0.25) is 0 Å². The van der Waals surface area contributed by atoms with E-state index in [2.05, 4.69) is 35.1 Å². The van der Waals surface area contributed by atoms with Crippen molar-refractivity contribution < 1.29 is 4.79 Å². The van der Waals surface area contributed by atoms with E-state index in [1.54, 1.807) is 0 Å². The number of piperidine rings is 1. The Morgan fingerprint density at radius 3 is 2.65 bits per heavy atom. The molecule has 1 aromatic heterocycles. The zero-order valence-electron chi connectivity index (χ0n) is 12.5. The second kappa shape index (κ2) is 6.76. The number of likely N-dealkylation sites (tertiary alicyclic amines) is 1. The lowest BCUT2D eigenvalue weighted by Gasteiger charge is -2.32. The van der Waals surface area contributed by atoms with Crippen molar-refractivity contribution in [2.24, 2.45) is 5.92 Å². The lowest BCUT2D eigenvalue weighted by molar-refractivity contribution is 0.0678. The van der Waals surface area contributed by atoms with Crippen LogP contribution in [0.15, 0.2) is 16.7 Å². The maximum atomic E-state index is 12.7. The SMILES string of the molecule is CNCC1CCN(C(=O)c2cc(Br)cn2C(C)C)CC1. The molecule has 1 amide bonds. The van der Waals surface area contributed by atoms with E-state index in [1.165, 1.54) is 0 Å². The van der Waals surface area contributed by atoms with Crippen LogP contribution in [0.5, 0.6) is 0 Å². The highest BCUT2D eigenvalue weighted by atomic mass is 79.9. The molecule has 1 fully saturated rings. The van der Waals surface area contributed by atoms with Gasteiger partial charge < -0.3 is 14.8 Å². The number of amides is 1. The van der Waals surface area contributed by atoms with Gasteiger partial charge in [-0.15, -0.1) is 0 Å². The number of carbonyl (C=O) groups excluding carboxylic acids is 1. The molecule has 0 atom stereocenters. The predicted octanol–water partition coefficient (Wildman–Crippen LogP) is 2.90. The van der Waals surface area contributed by atoms with Crippen LogP contribution in [0.2, 0.25) is 0 Å². The number of rotatable bonds is 4. The smallest absolute Gasteiger partial charge is 0.270 e. The molecule has 1 aliphatic rings. The summed E-state index contributed by atoms with van der Waals surface area (Å²) in [5.74, 6) is 0.861. The molecule has 0 spiro atoms. The Balaban J connectivity index is 2.05. The van der Waals surface area contributed by atoms with Gasteiger partial charge in [0.15, 0.2) is 0 Å². The molecule has 20 heavy (non-hydrogen) atoms. The number of nitrogens with one attached hydrogen (secondary N) is 1. The molecule has 0 unspecified atom stereocenters. The molecular weight excluding hydrogens is 318 g/mol. The standard InChI is InChI=1S/C15H24BrN3O/c1-11(2)19-10-13(16)8-14(19)15(20)18-6-4-12(5-7-18)9-17-3/h8,10-12,17H,4-7,9H2,1-3H3. The van der Waals surface area contributed by atoms with Gasteiger partial charge in [0.25, 0.3) is 5.91 Å². The summed E-state index contributed by atoms with van der Waals surface area (Å²) in [5, 5.41) is 3.23. The molecule has 1 aliphatic heterocycles. The summed E-state index contributed by atoms with van der Waals surface area (Å²) in [6.07, 6.45) is 4.18. The van der Waals surface area contributed by atoms with Crippen LogP contribution in [0.25, 0.3) is 0 Å². The highest BCUT2D eigenvalue weighted by Gasteiger charge is 2.25. The van der Waals surface area contributed by atoms with Gasteiger partial charge in [-0.2, -0.15) is 0 Å². The van der Waals surface area contributed by atoms with E-state index in [0.717, 1.165) is 42.6 Å². The van der Waals surface area contributed by atoms with Crippen LogP contribution < -0.4 is 5.32 Å². The Bertz CT molecular complexity index is 462. The van der Waals surface area contributed by atoms with Gasteiger partial charge >= 0.3 is 0 Å². The first-order chi connectivity index (χ1) is 9.52. The third kappa shape index (κ3) is 3.44. The van der Waals surface area contributed by atoms with Crippen molar-refractivity contribution in [3.05, 3.63) is 22.4 Å². The highest BCUT2D eigenvalue weighted by molar-refractivity contribution is 9.10. The molecule has 0 bridgehead atoms. The van der Waals surface area contributed by atoms with Gasteiger partial charge in [0.1, 0.15) is 5.69 Å². The molecule has 112 valence electrons. The van der Waals surface area contributed by atoms with Crippen LogP contribution in [0.1, 0.15) is 43.2 Å². The average Bonchev–Trinajstić information content (AvgIpc) is 2.81. The summed E-state index contributed by atoms with van der Waals surface area (Å²) in [7, 11) is 1.99. The minimum Gasteiger partial charge on any atom is -0.340 e. The van der Waals surface area contributed by atoms with Crippen molar-refractivity contribution in [2.45, 2.75) is 32.7 Å². The molecule has 2 rings (SSSR count). The summed E-state index contributed by atoms with van der Waals surface area (Å²) in [5.41, 5.74) is 0.791. The topological polar surface area (TPSA) is 37.3 Å². The summed E-state index contributed by atoms with van der Waals surface area (Å²) >= 11 is 3.47. The Kier molecular flexibility index (Phi) is 5.27. The van der Waals surface area contributed by atoms with Crippen molar-refractivity contribution in [3.8, 4) is 0 Å². The summed E-state index contributed by atoms with van der Waals surface area (Å²) in [6, 6.07) is 2.23. The van der Waals surface area contributed by atoms with Gasteiger partial charge in [-0.05, 0) is 68.2 Å². The highest BCUT2D eigenvalue weighted by Crippen LogP contribution is 2.23. The van der Waals surface area contributed by atoms with E-state index in [4.69, 9.17) is 0 Å². The van der Waals surface area contributed by atoms with Gasteiger partial charge in [-0.3, -0.25) is 4.79 Å². The molecule has 5 heteroatoms. The van der Waals surface area contributed by atoms with Crippen LogP contribution in [0, 0.1) is 5.92 Å². The fraction of sp³-hybridized carbons (Fsp3) is 0.667. The fourth-order valence-electron chi connectivity index (χ4n) is 2.84. The van der Waals surface area contributed by atoms with Gasteiger partial charge in [-0.25, -0.2) is 0 Å². The zero-order valence-corrected chi connectivity index (χ0v) is 14.1. The van der Waals surface area contributed by atoms with E-state index >= 15 is 0 Å². The lowest BCUT2D eigenvalue weighted by Crippen LogP contribution is -2.41. The van der Waals surface area contributed by atoms with Crippen molar-refractivity contribution >= 4 is 21.8 Å². The Hall–Kier alpha value is -0.810. The normalized spacial score (nSPS) is 16.9. The van der Waals surface area contributed by atoms with E-state index in [-0.39, 0.29) is 5.91 Å². The molecule has 1 N–H and O–H groups in total. The minimum absolute atomic E-state index is 0.160. The summed E-state index contributed by atoms with van der Waals surface area (Å²) in [4.78, 5) is 14.7. The first kappa shape index (κ1) is 15.6. The lowest BCUT2D eigenvalue weighted by atomic mass is 9.96. The van der Waals surface area contributed by atoms with Crippen molar-refractivity contribution in [1.29, 1.82) is 0 Å². The number of nitrogens with zero attached hydrogens (tertiary/aromatic N) is 2. The third-order valence-corrected chi connectivity index (χ3v) is 4.42. The second-order valence-electron chi connectivity index (χ2n) is 5.84. The Morgan fingerprint density at radius 1 is 1.45 bits per heavy atom. The Morgan fingerprint density at radius 2 is 2.10 bits per heavy atom. The molecular formula is C15H24BrN3O. The monoisotopic (exact) mass is 341 g/mol. The number of hydrogen-bond acceptors (Lipinski definition) is 2. The predicted molar refractivity (Wildman–Crippen MR) is 85.1 cm³/mol. The average molecular weight is 342 g/mol. The molecule has 4 nitrogen and oxygen atoms in total. The number of carbonyl (C=O) groups is 1. The fourth-order valence-corrected chi connectivity index (χ4v) is 3.27.